The molecule has 0 spiro atoms. The average molecular weight is 122 g/mol. The zero-order chi connectivity index (χ0) is 6.69. The predicted octanol–water partition coefficient (Wildman–Crippen LogP) is 0.858. The topological polar surface area (TPSA) is 38.4 Å². The van der Waals surface area contributed by atoms with Gasteiger partial charge in [0, 0.05) is 12.6 Å². The number of dihydropyridines is 1. The molecule has 0 fully saturated rings. The van der Waals surface area contributed by atoms with E-state index in [1.807, 2.05) is 12.2 Å². The van der Waals surface area contributed by atoms with Gasteiger partial charge in [-0.15, -0.1) is 0 Å². The fourth-order valence-corrected chi connectivity index (χ4v) is 0.763. The van der Waals surface area contributed by atoms with E-state index >= 15 is 0 Å². The van der Waals surface area contributed by atoms with E-state index in [0.29, 0.717) is 0 Å². The summed E-state index contributed by atoms with van der Waals surface area (Å²) in [5.74, 6) is 0. The van der Waals surface area contributed by atoms with E-state index in [1.54, 1.807) is 6.21 Å². The van der Waals surface area contributed by atoms with E-state index in [1.165, 1.54) is 0 Å². The molecule has 0 saturated carbocycles. The first-order valence-corrected chi connectivity index (χ1v) is 2.93. The van der Waals surface area contributed by atoms with Crippen molar-refractivity contribution in [2.45, 2.75) is 12.6 Å². The number of rotatable bonds is 1. The van der Waals surface area contributed by atoms with Crippen LogP contribution in [0.4, 0.5) is 0 Å². The monoisotopic (exact) mass is 122 g/mol. The van der Waals surface area contributed by atoms with Gasteiger partial charge in [0.15, 0.2) is 0 Å². The summed E-state index contributed by atoms with van der Waals surface area (Å²) in [4.78, 5) is 3.96. The van der Waals surface area contributed by atoms with E-state index in [9.17, 15) is 0 Å². The van der Waals surface area contributed by atoms with Crippen LogP contribution in [0.15, 0.2) is 29.3 Å². The lowest BCUT2D eigenvalue weighted by Crippen LogP contribution is -2.19. The molecule has 0 aliphatic carbocycles. The van der Waals surface area contributed by atoms with Crippen LogP contribution in [-0.2, 0) is 0 Å². The first kappa shape index (κ1) is 6.23. The van der Waals surface area contributed by atoms with Crippen molar-refractivity contribution in [1.82, 2.24) is 0 Å². The zero-order valence-electron chi connectivity index (χ0n) is 5.25. The first-order chi connectivity index (χ1) is 4.33. The second-order valence-electron chi connectivity index (χ2n) is 2.02. The standard InChI is InChI=1S/C7H10N2/c1-2-6-3-4-9-7(8)5-6/h2-4,7H,1,5,8H2/t7-/m0/s1. The van der Waals surface area contributed by atoms with Crippen molar-refractivity contribution in [3.8, 4) is 0 Å². The Morgan fingerprint density at radius 2 is 2.67 bits per heavy atom. The molecule has 1 heterocycles. The van der Waals surface area contributed by atoms with Crippen molar-refractivity contribution < 1.29 is 0 Å². The van der Waals surface area contributed by atoms with Crippen LogP contribution in [0.1, 0.15) is 6.42 Å². The van der Waals surface area contributed by atoms with Gasteiger partial charge in [0.1, 0.15) is 6.17 Å². The first-order valence-electron chi connectivity index (χ1n) is 2.93. The minimum absolute atomic E-state index is 0.0528. The minimum Gasteiger partial charge on any atom is -0.309 e. The van der Waals surface area contributed by atoms with E-state index < -0.39 is 0 Å². The predicted molar refractivity (Wildman–Crippen MR) is 39.4 cm³/mol. The molecule has 1 aliphatic heterocycles. The summed E-state index contributed by atoms with van der Waals surface area (Å²) in [5.41, 5.74) is 6.68. The van der Waals surface area contributed by atoms with Crippen LogP contribution in [0.5, 0.6) is 0 Å². The lowest BCUT2D eigenvalue weighted by atomic mass is 10.1. The Morgan fingerprint density at radius 1 is 1.89 bits per heavy atom. The van der Waals surface area contributed by atoms with Crippen LogP contribution >= 0.6 is 0 Å². The van der Waals surface area contributed by atoms with E-state index in [4.69, 9.17) is 5.73 Å². The second kappa shape index (κ2) is 2.60. The Morgan fingerprint density at radius 3 is 3.11 bits per heavy atom. The van der Waals surface area contributed by atoms with Crippen molar-refractivity contribution in [2.75, 3.05) is 0 Å². The van der Waals surface area contributed by atoms with Crippen molar-refractivity contribution >= 4 is 6.21 Å². The molecule has 0 radical (unpaired) electrons. The normalized spacial score (nSPS) is 25.4. The molecular formula is C7H10N2. The van der Waals surface area contributed by atoms with Crippen LogP contribution in [0, 0.1) is 0 Å². The smallest absolute Gasteiger partial charge is 0.101 e. The quantitative estimate of drug-likeness (QED) is 0.550. The third kappa shape index (κ3) is 1.50. The highest BCUT2D eigenvalue weighted by molar-refractivity contribution is 5.74. The Bertz CT molecular complexity index is 168. The summed E-state index contributed by atoms with van der Waals surface area (Å²) in [5, 5.41) is 0. The molecule has 1 atom stereocenters. The van der Waals surface area contributed by atoms with Gasteiger partial charge in [-0.3, -0.25) is 4.99 Å². The van der Waals surface area contributed by atoms with Gasteiger partial charge in [0.2, 0.25) is 0 Å². The van der Waals surface area contributed by atoms with Gasteiger partial charge in [0.05, 0.1) is 0 Å². The molecule has 2 heteroatoms. The zero-order valence-corrected chi connectivity index (χ0v) is 5.25. The lowest BCUT2D eigenvalue weighted by Gasteiger charge is -2.09. The van der Waals surface area contributed by atoms with Crippen LogP contribution in [0.3, 0.4) is 0 Å². The van der Waals surface area contributed by atoms with Gasteiger partial charge >= 0.3 is 0 Å². The van der Waals surface area contributed by atoms with Crippen LogP contribution in [0.25, 0.3) is 0 Å². The SMILES string of the molecule is C=CC1=CC=N[C@H](N)C1. The number of nitrogens with zero attached hydrogens (tertiary/aromatic N) is 1. The van der Waals surface area contributed by atoms with E-state index in [0.717, 1.165) is 12.0 Å². The molecule has 9 heavy (non-hydrogen) atoms. The lowest BCUT2D eigenvalue weighted by molar-refractivity contribution is 0.705. The van der Waals surface area contributed by atoms with Crippen molar-refractivity contribution in [3.63, 3.8) is 0 Å². The number of hydrogen-bond donors (Lipinski definition) is 1. The molecule has 1 rings (SSSR count). The van der Waals surface area contributed by atoms with Crippen molar-refractivity contribution in [1.29, 1.82) is 0 Å². The summed E-state index contributed by atoms with van der Waals surface area (Å²) >= 11 is 0. The Hall–Kier alpha value is -0.890. The number of allylic oxidation sites excluding steroid dienone is 2. The molecule has 2 nitrogen and oxygen atoms in total. The van der Waals surface area contributed by atoms with Gasteiger partial charge in [-0.2, -0.15) is 0 Å². The van der Waals surface area contributed by atoms with Crippen LogP contribution in [0.2, 0.25) is 0 Å². The molecule has 0 aromatic rings. The molecule has 0 aromatic heterocycles. The van der Waals surface area contributed by atoms with Gasteiger partial charge in [-0.1, -0.05) is 12.7 Å². The van der Waals surface area contributed by atoms with Crippen LogP contribution in [-0.4, -0.2) is 12.4 Å². The largest absolute Gasteiger partial charge is 0.309 e. The maximum absolute atomic E-state index is 5.51. The highest BCUT2D eigenvalue weighted by Gasteiger charge is 2.02. The summed E-state index contributed by atoms with van der Waals surface area (Å²) in [6.07, 6.45) is 6.23. The molecule has 0 unspecified atom stereocenters. The minimum atomic E-state index is -0.0528. The second-order valence-corrected chi connectivity index (χ2v) is 2.02. The number of aliphatic imine (C=N–C) groups is 1. The third-order valence-electron chi connectivity index (χ3n) is 1.27. The summed E-state index contributed by atoms with van der Waals surface area (Å²) in [7, 11) is 0. The van der Waals surface area contributed by atoms with Gasteiger partial charge in [-0.05, 0) is 11.6 Å². The molecular weight excluding hydrogens is 112 g/mol. The molecule has 2 N–H and O–H groups in total. The van der Waals surface area contributed by atoms with Gasteiger partial charge in [-0.25, -0.2) is 0 Å². The maximum atomic E-state index is 5.51. The Labute approximate surface area is 54.8 Å². The highest BCUT2D eigenvalue weighted by Crippen LogP contribution is 2.08. The molecule has 48 valence electrons. The van der Waals surface area contributed by atoms with Crippen LogP contribution < -0.4 is 5.73 Å². The third-order valence-corrected chi connectivity index (χ3v) is 1.27. The molecule has 0 aromatic carbocycles. The Balaban J connectivity index is 2.65. The fourth-order valence-electron chi connectivity index (χ4n) is 0.763. The van der Waals surface area contributed by atoms with Gasteiger partial charge in [0.25, 0.3) is 0 Å². The molecule has 0 bridgehead atoms. The van der Waals surface area contributed by atoms with E-state index in [-0.39, 0.29) is 6.17 Å². The maximum Gasteiger partial charge on any atom is 0.101 e. The molecule has 0 saturated heterocycles. The fraction of sp³-hybridized carbons (Fsp3) is 0.286. The van der Waals surface area contributed by atoms with Crippen molar-refractivity contribution in [2.24, 2.45) is 10.7 Å². The average Bonchev–Trinajstić information content (AvgIpc) is 1.88. The number of nitrogens with two attached hydrogens (primary N) is 1. The van der Waals surface area contributed by atoms with Crippen molar-refractivity contribution in [3.05, 3.63) is 24.3 Å². The molecule has 1 aliphatic rings. The van der Waals surface area contributed by atoms with E-state index in [2.05, 4.69) is 11.6 Å². The Kier molecular flexibility index (Phi) is 1.80. The van der Waals surface area contributed by atoms with Gasteiger partial charge < -0.3 is 5.73 Å². The highest BCUT2D eigenvalue weighted by atomic mass is 14.9. The summed E-state index contributed by atoms with van der Waals surface area (Å²) in [6.45, 7) is 3.63. The summed E-state index contributed by atoms with van der Waals surface area (Å²) in [6, 6.07) is 0. The number of hydrogen-bond acceptors (Lipinski definition) is 2. The molecule has 0 amide bonds. The summed E-state index contributed by atoms with van der Waals surface area (Å²) < 4.78 is 0.